The maximum atomic E-state index is 11.6. The fourth-order valence-electron chi connectivity index (χ4n) is 4.15. The molecule has 12 nitrogen and oxygen atoms in total. The second-order valence-electron chi connectivity index (χ2n) is 10.4. The first-order chi connectivity index (χ1) is 20.5. The summed E-state index contributed by atoms with van der Waals surface area (Å²) in [4.78, 5) is 66.3. The molecule has 2 saturated carbocycles. The number of Topliss-reactive ketones (excluding diaryl/α,β-unsaturated/α-hetero) is 1. The second-order valence-corrected chi connectivity index (χ2v) is 12.3. The Bertz CT molecular complexity index is 1020. The maximum Gasteiger partial charge on any atom is 0.373 e. The van der Waals surface area contributed by atoms with E-state index < -0.39 is 13.0 Å². The second kappa shape index (κ2) is 24.3. The monoisotopic (exact) mass is 646 g/mol. The molecule has 0 spiro atoms. The van der Waals surface area contributed by atoms with Crippen LogP contribution < -0.4 is 0 Å². The highest BCUT2D eigenvalue weighted by Gasteiger charge is 2.52. The molecule has 2 unspecified atom stereocenters. The number of carbonyl (C=O) groups excluding carboxylic acids is 7. The number of rotatable bonds is 11. The topological polar surface area (TPSA) is 173 Å². The molecule has 0 aliphatic heterocycles. The molecule has 0 saturated heterocycles. The van der Waals surface area contributed by atoms with Gasteiger partial charge in [0, 0.05) is 17.7 Å². The first-order valence-corrected chi connectivity index (χ1v) is 16.3. The van der Waals surface area contributed by atoms with Gasteiger partial charge in [0.25, 0.3) is 0 Å². The normalized spacial score (nSPS) is 19.6. The number of allylic oxidation sites excluding steroid dienone is 3. The molecule has 0 heterocycles. The SMILES string of the molecule is CC/C=C/P(=O)(OCC)OCC.CCC=C1CC(C(=O)OCC)C1(C)C.CCOC(=O)C1CC(=O)C1(C)C.O=C=O.O=C=O. The number of ketones is 1. The summed E-state index contributed by atoms with van der Waals surface area (Å²) in [6, 6.07) is 0. The van der Waals surface area contributed by atoms with Crippen LogP contribution >= 0.6 is 7.60 Å². The van der Waals surface area contributed by atoms with Crippen molar-refractivity contribution in [3.63, 3.8) is 0 Å². The average Bonchev–Trinajstić information content (AvgIpc) is 2.94. The minimum absolute atomic E-state index is 0.0161. The van der Waals surface area contributed by atoms with Crippen LogP contribution in [0.15, 0.2) is 23.5 Å². The standard InChI is InChI=1S/C12H20O2.C9H14O3.C8H17O3P.2CO2/c1-5-7-9-8-10(12(9,3)4)11(13)14-6-2;1-4-12-8(11)6-5-7(10)9(6,2)3;1-4-7-8-12(9,10-5-2)11-6-3;2*2-1-3/h7,10H,5-6,8H2,1-4H3;6H,4-5H2,1-3H3;7-8H,4-6H2,1-3H3;;/b;;8-7+;;. The highest BCUT2D eigenvalue weighted by atomic mass is 31.2. The summed E-state index contributed by atoms with van der Waals surface area (Å²) in [7, 11) is -2.92. The first kappa shape index (κ1) is 45.4. The fourth-order valence-corrected chi connectivity index (χ4v) is 5.59. The van der Waals surface area contributed by atoms with Crippen LogP contribution in [0.4, 0.5) is 0 Å². The van der Waals surface area contributed by atoms with E-state index in [-0.39, 0.29) is 47.3 Å². The van der Waals surface area contributed by atoms with Gasteiger partial charge in [0.05, 0.1) is 38.3 Å². The minimum Gasteiger partial charge on any atom is -0.466 e. The van der Waals surface area contributed by atoms with E-state index in [1.807, 2.05) is 13.8 Å². The summed E-state index contributed by atoms with van der Waals surface area (Å²) in [6.07, 6.45) is 7.66. The zero-order valence-corrected chi connectivity index (χ0v) is 28.8. The molecule has 2 aliphatic carbocycles. The smallest absolute Gasteiger partial charge is 0.373 e. The molecule has 2 atom stereocenters. The van der Waals surface area contributed by atoms with Gasteiger partial charge in [-0.2, -0.15) is 19.2 Å². The van der Waals surface area contributed by atoms with E-state index in [0.717, 1.165) is 19.3 Å². The lowest BCUT2D eigenvalue weighted by molar-refractivity contribution is -0.193. The lowest BCUT2D eigenvalue weighted by Gasteiger charge is -2.45. The number of ether oxygens (including phenoxy) is 2. The van der Waals surface area contributed by atoms with Gasteiger partial charge in [-0.1, -0.05) is 59.3 Å². The minimum atomic E-state index is -2.92. The van der Waals surface area contributed by atoms with Gasteiger partial charge < -0.3 is 18.5 Å². The van der Waals surface area contributed by atoms with Crippen LogP contribution in [0.25, 0.3) is 0 Å². The Hall–Kier alpha value is -3.00. The molecule has 2 aliphatic rings. The van der Waals surface area contributed by atoms with Crippen LogP contribution in [0.3, 0.4) is 0 Å². The molecular formula is C31H51O12P. The molecule has 13 heteroatoms. The van der Waals surface area contributed by atoms with E-state index in [9.17, 15) is 18.9 Å². The molecule has 0 aromatic rings. The summed E-state index contributed by atoms with van der Waals surface area (Å²) < 4.78 is 31.6. The molecule has 0 radical (unpaired) electrons. The van der Waals surface area contributed by atoms with Crippen molar-refractivity contribution in [2.75, 3.05) is 26.4 Å². The lowest BCUT2D eigenvalue weighted by Crippen LogP contribution is -2.49. The van der Waals surface area contributed by atoms with Crippen LogP contribution in [-0.4, -0.2) is 56.5 Å². The molecule has 0 aromatic carbocycles. The molecule has 252 valence electrons. The third-order valence-electron chi connectivity index (χ3n) is 6.84. The van der Waals surface area contributed by atoms with E-state index in [1.54, 1.807) is 40.7 Å². The van der Waals surface area contributed by atoms with Crippen molar-refractivity contribution in [2.24, 2.45) is 22.7 Å². The predicted octanol–water partition coefficient (Wildman–Crippen LogP) is 6.11. The van der Waals surface area contributed by atoms with Crippen LogP contribution in [0, 0.1) is 22.7 Å². The average molecular weight is 647 g/mol. The zero-order valence-electron chi connectivity index (χ0n) is 27.9. The van der Waals surface area contributed by atoms with Crippen molar-refractivity contribution < 1.29 is 56.6 Å². The third kappa shape index (κ3) is 16.2. The zero-order chi connectivity index (χ0) is 35.0. The van der Waals surface area contributed by atoms with E-state index in [0.29, 0.717) is 32.8 Å². The van der Waals surface area contributed by atoms with Crippen molar-refractivity contribution in [3.05, 3.63) is 23.5 Å². The van der Waals surface area contributed by atoms with Crippen LogP contribution in [0.2, 0.25) is 0 Å². The number of hydrogen-bond donors (Lipinski definition) is 0. The van der Waals surface area contributed by atoms with Crippen molar-refractivity contribution in [3.8, 4) is 0 Å². The van der Waals surface area contributed by atoms with Crippen molar-refractivity contribution in [2.45, 2.75) is 94.9 Å². The van der Waals surface area contributed by atoms with Crippen molar-refractivity contribution in [1.29, 1.82) is 0 Å². The quantitative estimate of drug-likeness (QED) is 0.143. The van der Waals surface area contributed by atoms with Crippen LogP contribution in [0.5, 0.6) is 0 Å². The van der Waals surface area contributed by atoms with Gasteiger partial charge >= 0.3 is 31.8 Å². The molecule has 0 N–H and O–H groups in total. The third-order valence-corrected chi connectivity index (χ3v) is 8.65. The Morgan fingerprint density at radius 3 is 1.43 bits per heavy atom. The van der Waals surface area contributed by atoms with Gasteiger partial charge in [0.1, 0.15) is 5.78 Å². The van der Waals surface area contributed by atoms with Gasteiger partial charge in [0.2, 0.25) is 0 Å². The predicted molar refractivity (Wildman–Crippen MR) is 161 cm³/mol. The Balaban J connectivity index is -0.000000526. The van der Waals surface area contributed by atoms with Gasteiger partial charge in [-0.15, -0.1) is 0 Å². The summed E-state index contributed by atoms with van der Waals surface area (Å²) in [5.74, 6) is 1.26. The van der Waals surface area contributed by atoms with Gasteiger partial charge in [-0.05, 0) is 52.4 Å². The highest BCUT2D eigenvalue weighted by molar-refractivity contribution is 7.57. The van der Waals surface area contributed by atoms with Crippen molar-refractivity contribution in [1.82, 2.24) is 0 Å². The van der Waals surface area contributed by atoms with Gasteiger partial charge in [0.15, 0.2) is 0 Å². The van der Waals surface area contributed by atoms with E-state index in [2.05, 4.69) is 26.8 Å². The molecular weight excluding hydrogens is 595 g/mol. The first-order valence-electron chi connectivity index (χ1n) is 14.7. The molecule has 0 amide bonds. The van der Waals surface area contributed by atoms with Gasteiger partial charge in [-0.3, -0.25) is 18.9 Å². The Morgan fingerprint density at radius 2 is 1.16 bits per heavy atom. The molecule has 44 heavy (non-hydrogen) atoms. The largest absolute Gasteiger partial charge is 0.466 e. The molecule has 0 bridgehead atoms. The summed E-state index contributed by atoms with van der Waals surface area (Å²) in [6.45, 7) is 20.8. The summed E-state index contributed by atoms with van der Waals surface area (Å²) in [5, 5.41) is 0. The van der Waals surface area contributed by atoms with Gasteiger partial charge in [-0.25, -0.2) is 0 Å². The van der Waals surface area contributed by atoms with Crippen molar-refractivity contribution >= 4 is 37.6 Å². The highest BCUT2D eigenvalue weighted by Crippen LogP contribution is 2.51. The summed E-state index contributed by atoms with van der Waals surface area (Å²) in [5.41, 5.74) is 0.923. The fraction of sp³-hybridized carbons (Fsp3) is 0.710. The van der Waals surface area contributed by atoms with Crippen LogP contribution in [-0.2, 0) is 56.6 Å². The summed E-state index contributed by atoms with van der Waals surface area (Å²) >= 11 is 0. The van der Waals surface area contributed by atoms with E-state index in [4.69, 9.17) is 37.7 Å². The molecule has 2 rings (SSSR count). The Morgan fingerprint density at radius 1 is 0.750 bits per heavy atom. The lowest BCUT2D eigenvalue weighted by atomic mass is 9.58. The Labute approximate surface area is 261 Å². The number of carbonyl (C=O) groups is 3. The van der Waals surface area contributed by atoms with E-state index >= 15 is 0 Å². The molecule has 2 fully saturated rings. The Kier molecular flexibility index (Phi) is 25.1. The maximum absolute atomic E-state index is 11.6. The number of esters is 2. The number of hydrogen-bond acceptors (Lipinski definition) is 12. The van der Waals surface area contributed by atoms with Crippen LogP contribution in [0.1, 0.15) is 94.9 Å². The van der Waals surface area contributed by atoms with E-state index in [1.165, 1.54) is 11.4 Å². The molecule has 0 aromatic heterocycles.